The summed E-state index contributed by atoms with van der Waals surface area (Å²) in [5.41, 5.74) is 3.39. The second-order valence-electron chi connectivity index (χ2n) is 4.25. The summed E-state index contributed by atoms with van der Waals surface area (Å²) >= 11 is 0. The minimum atomic E-state index is -0.463. The van der Waals surface area contributed by atoms with Crippen LogP contribution in [0.15, 0.2) is 24.3 Å². The lowest BCUT2D eigenvalue weighted by atomic mass is 10.1. The fraction of sp³-hybridized carbons (Fsp3) is 0.286. The van der Waals surface area contributed by atoms with Gasteiger partial charge in [0.05, 0.1) is 24.6 Å². The number of aromatic nitrogens is 2. The van der Waals surface area contributed by atoms with Gasteiger partial charge in [-0.05, 0) is 26.0 Å². The first-order valence-electron chi connectivity index (χ1n) is 5.98. The van der Waals surface area contributed by atoms with Crippen LogP contribution >= 0.6 is 0 Å². The van der Waals surface area contributed by atoms with Crippen molar-refractivity contribution in [3.63, 3.8) is 0 Å². The average Bonchev–Trinajstić information content (AvgIpc) is 2.76. The number of hydrogen-bond donors (Lipinski definition) is 2. The van der Waals surface area contributed by atoms with E-state index in [1.165, 1.54) is 0 Å². The quantitative estimate of drug-likeness (QED) is 0.882. The van der Waals surface area contributed by atoms with E-state index in [1.807, 2.05) is 38.1 Å². The van der Waals surface area contributed by atoms with Crippen LogP contribution in [0.2, 0.25) is 0 Å². The molecule has 1 unspecified atom stereocenters. The fourth-order valence-electron chi connectivity index (χ4n) is 2.07. The number of benzene rings is 1. The van der Waals surface area contributed by atoms with Gasteiger partial charge < -0.3 is 10.1 Å². The Balaban J connectivity index is 2.33. The Kier molecular flexibility index (Phi) is 3.71. The van der Waals surface area contributed by atoms with E-state index in [4.69, 9.17) is 4.74 Å². The van der Waals surface area contributed by atoms with E-state index in [0.717, 1.165) is 22.6 Å². The maximum absolute atomic E-state index is 9.38. The van der Waals surface area contributed by atoms with Crippen molar-refractivity contribution in [2.45, 2.75) is 19.9 Å². The highest BCUT2D eigenvalue weighted by molar-refractivity contribution is 5.58. The molecule has 1 aromatic carbocycles. The third-order valence-electron chi connectivity index (χ3n) is 3.01. The van der Waals surface area contributed by atoms with Gasteiger partial charge in [-0.25, -0.2) is 0 Å². The van der Waals surface area contributed by atoms with Gasteiger partial charge in [0.2, 0.25) is 0 Å². The van der Waals surface area contributed by atoms with E-state index in [1.54, 1.807) is 7.11 Å². The molecule has 5 nitrogen and oxygen atoms in total. The molecule has 0 aliphatic rings. The van der Waals surface area contributed by atoms with Crippen molar-refractivity contribution in [1.29, 1.82) is 5.26 Å². The number of nitriles is 1. The molecular weight excluding hydrogens is 240 g/mol. The number of methoxy groups -OCH3 is 1. The lowest BCUT2D eigenvalue weighted by Crippen LogP contribution is -2.11. The van der Waals surface area contributed by atoms with Gasteiger partial charge in [-0.2, -0.15) is 10.4 Å². The SMILES string of the molecule is COc1ccccc1NC(C#N)c1c(C)n[nH]c1C. The van der Waals surface area contributed by atoms with E-state index in [-0.39, 0.29) is 0 Å². The molecule has 0 aliphatic heterocycles. The molecule has 2 aromatic rings. The van der Waals surface area contributed by atoms with Gasteiger partial charge in [-0.3, -0.25) is 5.10 Å². The summed E-state index contributed by atoms with van der Waals surface area (Å²) in [4.78, 5) is 0. The molecule has 1 heterocycles. The number of para-hydroxylation sites is 2. The summed E-state index contributed by atoms with van der Waals surface area (Å²) < 4.78 is 5.27. The molecular formula is C14H16N4O. The first kappa shape index (κ1) is 13.0. The van der Waals surface area contributed by atoms with Crippen molar-refractivity contribution in [2.24, 2.45) is 0 Å². The van der Waals surface area contributed by atoms with E-state index in [0.29, 0.717) is 5.75 Å². The number of anilines is 1. The topological polar surface area (TPSA) is 73.7 Å². The number of ether oxygens (including phenoxy) is 1. The van der Waals surface area contributed by atoms with Crippen LogP contribution in [-0.2, 0) is 0 Å². The Hall–Kier alpha value is -2.48. The molecule has 0 aliphatic carbocycles. The Morgan fingerprint density at radius 1 is 1.37 bits per heavy atom. The third kappa shape index (κ3) is 2.52. The number of aryl methyl sites for hydroxylation is 2. The molecule has 2 N–H and O–H groups in total. The Labute approximate surface area is 112 Å². The first-order valence-corrected chi connectivity index (χ1v) is 5.98. The van der Waals surface area contributed by atoms with Gasteiger partial charge in [0.1, 0.15) is 11.8 Å². The largest absolute Gasteiger partial charge is 0.495 e. The average molecular weight is 256 g/mol. The van der Waals surface area contributed by atoms with Gasteiger partial charge in [0, 0.05) is 11.3 Å². The first-order chi connectivity index (χ1) is 9.17. The van der Waals surface area contributed by atoms with Crippen LogP contribution in [0.25, 0.3) is 0 Å². The van der Waals surface area contributed by atoms with Gasteiger partial charge in [0.15, 0.2) is 0 Å². The summed E-state index contributed by atoms with van der Waals surface area (Å²) in [6.45, 7) is 3.79. The van der Waals surface area contributed by atoms with E-state index >= 15 is 0 Å². The van der Waals surface area contributed by atoms with Crippen molar-refractivity contribution in [2.75, 3.05) is 12.4 Å². The van der Waals surface area contributed by atoms with Crippen LogP contribution in [0.3, 0.4) is 0 Å². The Morgan fingerprint density at radius 2 is 2.11 bits per heavy atom. The van der Waals surface area contributed by atoms with Gasteiger partial charge in [-0.1, -0.05) is 12.1 Å². The zero-order valence-corrected chi connectivity index (χ0v) is 11.2. The summed E-state index contributed by atoms with van der Waals surface area (Å²) in [5, 5.41) is 19.6. The number of H-pyrrole nitrogens is 1. The lowest BCUT2D eigenvalue weighted by molar-refractivity contribution is 0.416. The van der Waals surface area contributed by atoms with Crippen molar-refractivity contribution in [1.82, 2.24) is 10.2 Å². The predicted octanol–water partition coefficient (Wildman–Crippen LogP) is 2.71. The van der Waals surface area contributed by atoms with Gasteiger partial charge >= 0.3 is 0 Å². The van der Waals surface area contributed by atoms with Crippen molar-refractivity contribution in [3.8, 4) is 11.8 Å². The molecule has 98 valence electrons. The fourth-order valence-corrected chi connectivity index (χ4v) is 2.07. The van der Waals surface area contributed by atoms with Crippen LogP contribution in [0.4, 0.5) is 5.69 Å². The number of aromatic amines is 1. The monoisotopic (exact) mass is 256 g/mol. The molecule has 2 rings (SSSR count). The van der Waals surface area contributed by atoms with Crippen molar-refractivity contribution < 1.29 is 4.74 Å². The van der Waals surface area contributed by atoms with Crippen LogP contribution in [0.1, 0.15) is 23.0 Å². The van der Waals surface area contributed by atoms with E-state index in [2.05, 4.69) is 21.6 Å². The van der Waals surface area contributed by atoms with E-state index in [9.17, 15) is 5.26 Å². The molecule has 0 amide bonds. The highest BCUT2D eigenvalue weighted by Gasteiger charge is 2.19. The van der Waals surface area contributed by atoms with Crippen LogP contribution in [0.5, 0.6) is 5.75 Å². The Bertz CT molecular complexity index is 593. The number of nitrogens with zero attached hydrogens (tertiary/aromatic N) is 2. The maximum atomic E-state index is 9.38. The summed E-state index contributed by atoms with van der Waals surface area (Å²) in [6, 6.07) is 9.32. The minimum absolute atomic E-state index is 0.463. The summed E-state index contributed by atoms with van der Waals surface area (Å²) in [6.07, 6.45) is 0. The third-order valence-corrected chi connectivity index (χ3v) is 3.01. The zero-order chi connectivity index (χ0) is 13.8. The molecule has 0 spiro atoms. The molecule has 0 fully saturated rings. The van der Waals surface area contributed by atoms with Crippen molar-refractivity contribution in [3.05, 3.63) is 41.2 Å². The second-order valence-corrected chi connectivity index (χ2v) is 4.25. The van der Waals surface area contributed by atoms with E-state index < -0.39 is 6.04 Å². The number of hydrogen-bond acceptors (Lipinski definition) is 4. The smallest absolute Gasteiger partial charge is 0.143 e. The van der Waals surface area contributed by atoms with Gasteiger partial charge in [-0.15, -0.1) is 0 Å². The van der Waals surface area contributed by atoms with Crippen molar-refractivity contribution >= 4 is 5.69 Å². The molecule has 0 radical (unpaired) electrons. The summed E-state index contributed by atoms with van der Waals surface area (Å²) in [7, 11) is 1.61. The zero-order valence-electron chi connectivity index (χ0n) is 11.2. The Morgan fingerprint density at radius 3 is 2.68 bits per heavy atom. The molecule has 0 saturated heterocycles. The molecule has 1 atom stereocenters. The maximum Gasteiger partial charge on any atom is 0.143 e. The molecule has 19 heavy (non-hydrogen) atoms. The lowest BCUT2D eigenvalue weighted by Gasteiger charge is -2.16. The molecule has 1 aromatic heterocycles. The molecule has 0 bridgehead atoms. The van der Waals surface area contributed by atoms with Crippen LogP contribution in [-0.4, -0.2) is 17.3 Å². The second kappa shape index (κ2) is 5.44. The number of nitrogens with one attached hydrogen (secondary N) is 2. The standard InChI is InChI=1S/C14H16N4O/c1-9-14(10(2)18-17-9)12(8-15)16-11-6-4-5-7-13(11)19-3/h4-7,12,16H,1-3H3,(H,17,18). The number of rotatable bonds is 4. The highest BCUT2D eigenvalue weighted by atomic mass is 16.5. The minimum Gasteiger partial charge on any atom is -0.495 e. The normalized spacial score (nSPS) is 11.7. The van der Waals surface area contributed by atoms with Crippen LogP contribution < -0.4 is 10.1 Å². The highest BCUT2D eigenvalue weighted by Crippen LogP contribution is 2.29. The predicted molar refractivity (Wildman–Crippen MR) is 73.0 cm³/mol. The molecule has 5 heteroatoms. The summed E-state index contributed by atoms with van der Waals surface area (Å²) in [5.74, 6) is 0.710. The van der Waals surface area contributed by atoms with Crippen LogP contribution in [0, 0.1) is 25.2 Å². The van der Waals surface area contributed by atoms with Gasteiger partial charge in [0.25, 0.3) is 0 Å². The molecule has 0 saturated carbocycles.